The van der Waals surface area contributed by atoms with E-state index in [-0.39, 0.29) is 12.1 Å². The Kier molecular flexibility index (Phi) is 10.1. The molecule has 12 rings (SSSR count). The second-order valence-corrected chi connectivity index (χ2v) is 17.2. The van der Waals surface area contributed by atoms with E-state index in [0.717, 1.165) is 84.0 Å². The van der Waals surface area contributed by atoms with E-state index in [1.54, 1.807) is 0 Å². The summed E-state index contributed by atoms with van der Waals surface area (Å²) in [7, 11) is 0. The van der Waals surface area contributed by atoms with Crippen molar-refractivity contribution in [2.24, 2.45) is 4.99 Å². The Morgan fingerprint density at radius 2 is 0.864 bits per heavy atom. The predicted molar refractivity (Wildman–Crippen MR) is 274 cm³/mol. The van der Waals surface area contributed by atoms with Crippen LogP contribution >= 0.6 is 0 Å². The van der Waals surface area contributed by atoms with Gasteiger partial charge in [0.05, 0.1) is 17.1 Å². The molecule has 0 amide bonds. The third-order valence-electron chi connectivity index (χ3n) is 13.3. The topological polar surface area (TPSA) is 37.3 Å². The monoisotopic (exact) mass is 843 g/mol. The molecular weight excluding hydrogens is 799 g/mol. The van der Waals surface area contributed by atoms with Crippen molar-refractivity contribution in [2.75, 3.05) is 0 Å². The molecule has 3 heteroatoms. The molecule has 3 atom stereocenters. The summed E-state index contributed by atoms with van der Waals surface area (Å²) < 4.78 is 0. The molecule has 0 saturated heterocycles. The van der Waals surface area contributed by atoms with Crippen molar-refractivity contribution in [3.8, 4) is 67.0 Å². The van der Waals surface area contributed by atoms with Crippen LogP contribution in [0.25, 0.3) is 72.7 Å². The Morgan fingerprint density at radius 3 is 1.48 bits per heavy atom. The van der Waals surface area contributed by atoms with E-state index in [9.17, 15) is 0 Å². The summed E-state index contributed by atoms with van der Waals surface area (Å²) in [6.45, 7) is 0. The lowest BCUT2D eigenvalue weighted by molar-refractivity contribution is 0.663. The fourth-order valence-electron chi connectivity index (χ4n) is 10.2. The summed E-state index contributed by atoms with van der Waals surface area (Å²) in [5.41, 5.74) is 21.2. The second-order valence-electron chi connectivity index (χ2n) is 17.2. The Labute approximate surface area is 386 Å². The van der Waals surface area contributed by atoms with Gasteiger partial charge in [0.15, 0.2) is 0 Å². The van der Waals surface area contributed by atoms with E-state index in [4.69, 9.17) is 9.98 Å². The van der Waals surface area contributed by atoms with Crippen LogP contribution < -0.4 is 5.32 Å². The zero-order valence-electron chi connectivity index (χ0n) is 36.3. The lowest BCUT2D eigenvalue weighted by Crippen LogP contribution is -2.25. The first kappa shape index (κ1) is 39.2. The van der Waals surface area contributed by atoms with Crippen molar-refractivity contribution >= 4 is 11.4 Å². The third kappa shape index (κ3) is 7.12. The molecule has 1 N–H and O–H groups in total. The van der Waals surface area contributed by atoms with E-state index in [0.29, 0.717) is 5.92 Å². The predicted octanol–water partition coefficient (Wildman–Crippen LogP) is 15.5. The maximum absolute atomic E-state index is 5.67. The number of aromatic nitrogens is 1. The summed E-state index contributed by atoms with van der Waals surface area (Å²) in [5, 5.41) is 3.88. The van der Waals surface area contributed by atoms with Gasteiger partial charge in [-0.1, -0.05) is 231 Å². The van der Waals surface area contributed by atoms with Crippen LogP contribution in [-0.4, -0.2) is 10.7 Å². The fourth-order valence-corrected chi connectivity index (χ4v) is 10.2. The molecule has 0 spiro atoms. The summed E-state index contributed by atoms with van der Waals surface area (Å²) in [4.78, 5) is 11.2. The van der Waals surface area contributed by atoms with Crippen molar-refractivity contribution in [3.05, 3.63) is 277 Å². The number of fused-ring (bicyclic) bond motifs is 6. The molecule has 3 unspecified atom stereocenters. The minimum atomic E-state index is -0.290. The minimum absolute atomic E-state index is 0.262. The molecule has 2 heterocycles. The molecule has 0 fully saturated rings. The van der Waals surface area contributed by atoms with Gasteiger partial charge in [-0.15, -0.1) is 0 Å². The molecule has 0 saturated carbocycles. The quantitative estimate of drug-likeness (QED) is 0.165. The first-order chi connectivity index (χ1) is 32.7. The van der Waals surface area contributed by atoms with Gasteiger partial charge >= 0.3 is 0 Å². The van der Waals surface area contributed by atoms with E-state index in [1.807, 2.05) is 0 Å². The Morgan fingerprint density at radius 1 is 0.364 bits per heavy atom. The minimum Gasteiger partial charge on any atom is -0.360 e. The lowest BCUT2D eigenvalue weighted by Gasteiger charge is -2.34. The number of aliphatic imine (C=N–C) groups is 1. The molecule has 9 aromatic rings. The highest BCUT2D eigenvalue weighted by atomic mass is 15.1. The van der Waals surface area contributed by atoms with Gasteiger partial charge in [-0.2, -0.15) is 0 Å². The maximum atomic E-state index is 5.67. The van der Waals surface area contributed by atoms with Gasteiger partial charge in [0.25, 0.3) is 0 Å². The molecule has 312 valence electrons. The van der Waals surface area contributed by atoms with Crippen LogP contribution in [0.4, 0.5) is 0 Å². The standard InChI is InChI=1S/C63H45N3/c1-6-21-42(22-7-1)59-58(60(43-23-8-2-9-24-43)62(45-27-12-4-13-28-45)66-61(59)44-25-10-3-11-26-44)49-32-20-31-47(39-49)56-41-57(65-63(64-56)46-29-14-5-15-30-46)48-37-38-54-52-35-17-16-33-50(52)51-34-18-19-36-53(51)55(54)40-48/h1-41,51,53,63,65H. The zero-order chi connectivity index (χ0) is 43.8. The number of nitrogens with zero attached hydrogens (tertiary/aromatic N) is 2. The van der Waals surface area contributed by atoms with Crippen molar-refractivity contribution in [1.29, 1.82) is 0 Å². The van der Waals surface area contributed by atoms with Gasteiger partial charge in [0, 0.05) is 50.9 Å². The molecular formula is C63H45N3. The number of hydrogen-bond acceptors (Lipinski definition) is 3. The average molecular weight is 844 g/mol. The van der Waals surface area contributed by atoms with Crippen LogP contribution in [0.1, 0.15) is 45.8 Å². The first-order valence-corrected chi connectivity index (χ1v) is 22.9. The van der Waals surface area contributed by atoms with Gasteiger partial charge in [0.1, 0.15) is 6.17 Å². The summed E-state index contributed by atoms with van der Waals surface area (Å²) in [6.07, 6.45) is 11.1. The largest absolute Gasteiger partial charge is 0.360 e. The van der Waals surface area contributed by atoms with Gasteiger partial charge in [0.2, 0.25) is 0 Å². The molecule has 8 aromatic carbocycles. The highest BCUT2D eigenvalue weighted by Crippen LogP contribution is 2.51. The van der Waals surface area contributed by atoms with Crippen LogP contribution in [0.2, 0.25) is 0 Å². The SMILES string of the molecule is C1=CC2c3ccccc3-c3ccc(C4=CC(c5cccc(-c6c(-c7ccccc7)c(-c7ccccc7)nc(-c7ccccc7)c6-c6ccccc6)c5)=NC(c5ccccc5)N4)cc3C2C=C1. The lowest BCUT2D eigenvalue weighted by atomic mass is 9.69. The Bertz CT molecular complexity index is 3270. The van der Waals surface area contributed by atoms with Gasteiger partial charge in [-0.25, -0.2) is 4.98 Å². The number of allylic oxidation sites excluding steroid dienone is 5. The van der Waals surface area contributed by atoms with Gasteiger partial charge < -0.3 is 5.32 Å². The molecule has 3 aliphatic rings. The molecule has 1 aliphatic heterocycles. The number of nitrogens with one attached hydrogen (secondary N) is 1. The highest BCUT2D eigenvalue weighted by molar-refractivity contribution is 6.14. The first-order valence-electron chi connectivity index (χ1n) is 22.9. The van der Waals surface area contributed by atoms with Crippen molar-refractivity contribution < 1.29 is 0 Å². The third-order valence-corrected chi connectivity index (χ3v) is 13.3. The van der Waals surface area contributed by atoms with E-state index < -0.39 is 0 Å². The van der Waals surface area contributed by atoms with Crippen LogP contribution in [0.3, 0.4) is 0 Å². The molecule has 66 heavy (non-hydrogen) atoms. The number of benzene rings is 8. The molecule has 3 nitrogen and oxygen atoms in total. The normalized spacial score (nSPS) is 16.8. The Balaban J connectivity index is 1.08. The van der Waals surface area contributed by atoms with E-state index in [1.165, 1.54) is 22.3 Å². The molecule has 0 bridgehead atoms. The highest BCUT2D eigenvalue weighted by Gasteiger charge is 2.33. The van der Waals surface area contributed by atoms with Gasteiger partial charge in [-0.05, 0) is 68.3 Å². The van der Waals surface area contributed by atoms with Crippen LogP contribution in [0.15, 0.2) is 254 Å². The maximum Gasteiger partial charge on any atom is 0.145 e. The summed E-state index contributed by atoms with van der Waals surface area (Å²) in [5.74, 6) is 0.567. The van der Waals surface area contributed by atoms with Crippen molar-refractivity contribution in [3.63, 3.8) is 0 Å². The van der Waals surface area contributed by atoms with Crippen LogP contribution in [0.5, 0.6) is 0 Å². The molecule has 2 aliphatic carbocycles. The van der Waals surface area contributed by atoms with Gasteiger partial charge in [-0.3, -0.25) is 4.99 Å². The summed E-state index contributed by atoms with van der Waals surface area (Å²) in [6, 6.07) is 78.2. The van der Waals surface area contributed by atoms with E-state index >= 15 is 0 Å². The molecule has 0 radical (unpaired) electrons. The van der Waals surface area contributed by atoms with E-state index in [2.05, 4.69) is 254 Å². The van der Waals surface area contributed by atoms with Crippen LogP contribution in [0, 0.1) is 0 Å². The van der Waals surface area contributed by atoms with Crippen LogP contribution in [-0.2, 0) is 0 Å². The average Bonchev–Trinajstić information content (AvgIpc) is 3.41. The smallest absolute Gasteiger partial charge is 0.145 e. The number of hydrogen-bond donors (Lipinski definition) is 1. The number of rotatable bonds is 8. The van der Waals surface area contributed by atoms with Crippen molar-refractivity contribution in [2.45, 2.75) is 18.0 Å². The fraction of sp³-hybridized carbons (Fsp3) is 0.0476. The second kappa shape index (κ2) is 17.0. The number of pyridine rings is 1. The molecule has 1 aromatic heterocycles. The zero-order valence-corrected chi connectivity index (χ0v) is 36.3. The van der Waals surface area contributed by atoms with Crippen molar-refractivity contribution in [1.82, 2.24) is 10.3 Å². The summed E-state index contributed by atoms with van der Waals surface area (Å²) >= 11 is 0. The Hall–Kier alpha value is -8.40.